The molecule has 1 aliphatic heterocycles. The van der Waals surface area contributed by atoms with Crippen molar-refractivity contribution in [2.75, 3.05) is 20.2 Å². The number of benzene rings is 1. The molecule has 2 atom stereocenters. The number of aryl methyl sites for hydroxylation is 1. The fourth-order valence-electron chi connectivity index (χ4n) is 2.23. The molecule has 2 rings (SSSR count). The second-order valence-corrected chi connectivity index (χ2v) is 4.15. The molecule has 0 radical (unpaired) electrons. The molecule has 0 aliphatic carbocycles. The highest BCUT2D eigenvalue weighted by molar-refractivity contribution is 5.38. The van der Waals surface area contributed by atoms with Crippen molar-refractivity contribution in [1.82, 2.24) is 5.32 Å². The third kappa shape index (κ3) is 1.98. The van der Waals surface area contributed by atoms with Crippen LogP contribution in [0, 0.1) is 6.92 Å². The van der Waals surface area contributed by atoms with E-state index in [1.807, 2.05) is 6.07 Å². The Morgan fingerprint density at radius 3 is 2.73 bits per heavy atom. The van der Waals surface area contributed by atoms with Crippen molar-refractivity contribution in [3.8, 4) is 5.75 Å². The van der Waals surface area contributed by atoms with Crippen LogP contribution < -0.4 is 15.8 Å². The maximum Gasteiger partial charge on any atom is 0.119 e. The smallest absolute Gasteiger partial charge is 0.119 e. The molecule has 0 amide bonds. The number of nitrogens with two attached hydrogens (primary N) is 1. The van der Waals surface area contributed by atoms with Crippen LogP contribution in [0.1, 0.15) is 17.0 Å². The molecule has 0 aromatic heterocycles. The number of ether oxygens (including phenoxy) is 1. The summed E-state index contributed by atoms with van der Waals surface area (Å²) in [5.74, 6) is 1.35. The fourth-order valence-corrected chi connectivity index (χ4v) is 2.23. The van der Waals surface area contributed by atoms with Gasteiger partial charge in [-0.2, -0.15) is 0 Å². The van der Waals surface area contributed by atoms with Gasteiger partial charge in [-0.1, -0.05) is 6.07 Å². The van der Waals surface area contributed by atoms with E-state index < -0.39 is 0 Å². The first-order valence-electron chi connectivity index (χ1n) is 5.33. The van der Waals surface area contributed by atoms with E-state index in [0.717, 1.165) is 18.8 Å². The first-order valence-corrected chi connectivity index (χ1v) is 5.33. The number of hydrogen-bond acceptors (Lipinski definition) is 3. The van der Waals surface area contributed by atoms with E-state index in [1.54, 1.807) is 7.11 Å². The zero-order chi connectivity index (χ0) is 10.8. The highest BCUT2D eigenvalue weighted by atomic mass is 16.5. The maximum atomic E-state index is 6.06. The van der Waals surface area contributed by atoms with Gasteiger partial charge in [-0.05, 0) is 30.2 Å². The van der Waals surface area contributed by atoms with Crippen LogP contribution in [0.15, 0.2) is 18.2 Å². The molecule has 3 N–H and O–H groups in total. The second-order valence-electron chi connectivity index (χ2n) is 4.15. The Hall–Kier alpha value is -1.06. The van der Waals surface area contributed by atoms with Gasteiger partial charge in [-0.25, -0.2) is 0 Å². The van der Waals surface area contributed by atoms with Gasteiger partial charge < -0.3 is 15.8 Å². The van der Waals surface area contributed by atoms with Crippen LogP contribution in [0.25, 0.3) is 0 Å². The van der Waals surface area contributed by atoms with E-state index in [1.165, 1.54) is 11.1 Å². The van der Waals surface area contributed by atoms with Crippen LogP contribution in [0.2, 0.25) is 0 Å². The van der Waals surface area contributed by atoms with Gasteiger partial charge in [0.05, 0.1) is 7.11 Å². The third-order valence-corrected chi connectivity index (χ3v) is 3.14. The Balaban J connectivity index is 2.28. The largest absolute Gasteiger partial charge is 0.497 e. The normalized spacial score (nSPS) is 25.5. The van der Waals surface area contributed by atoms with Crippen molar-refractivity contribution < 1.29 is 4.74 Å². The second kappa shape index (κ2) is 4.21. The standard InChI is InChI=1S/C12H18N2O/c1-8-5-9(15-2)3-4-10(8)11-6-14-7-12(11)13/h3-5,11-12,14H,6-7,13H2,1-2H3. The van der Waals surface area contributed by atoms with Gasteiger partial charge in [0.2, 0.25) is 0 Å². The van der Waals surface area contributed by atoms with Crippen molar-refractivity contribution >= 4 is 0 Å². The Bertz CT molecular complexity index is 351. The summed E-state index contributed by atoms with van der Waals surface area (Å²) in [5.41, 5.74) is 8.66. The minimum Gasteiger partial charge on any atom is -0.497 e. The van der Waals surface area contributed by atoms with Crippen molar-refractivity contribution in [1.29, 1.82) is 0 Å². The van der Waals surface area contributed by atoms with Gasteiger partial charge in [0, 0.05) is 25.0 Å². The quantitative estimate of drug-likeness (QED) is 0.759. The molecular weight excluding hydrogens is 188 g/mol. The van der Waals surface area contributed by atoms with E-state index in [0.29, 0.717) is 5.92 Å². The average molecular weight is 206 g/mol. The first kappa shape index (κ1) is 10.5. The molecule has 82 valence electrons. The summed E-state index contributed by atoms with van der Waals surface area (Å²) in [4.78, 5) is 0. The van der Waals surface area contributed by atoms with Gasteiger partial charge in [0.1, 0.15) is 5.75 Å². The van der Waals surface area contributed by atoms with Crippen LogP contribution in [0.5, 0.6) is 5.75 Å². The lowest BCUT2D eigenvalue weighted by Gasteiger charge is -2.17. The summed E-state index contributed by atoms with van der Waals surface area (Å²) in [6.45, 7) is 4.01. The zero-order valence-corrected chi connectivity index (χ0v) is 9.29. The minimum atomic E-state index is 0.233. The molecule has 0 spiro atoms. The number of methoxy groups -OCH3 is 1. The van der Waals surface area contributed by atoms with Crippen LogP contribution in [-0.4, -0.2) is 26.2 Å². The average Bonchev–Trinajstić information content (AvgIpc) is 2.64. The van der Waals surface area contributed by atoms with Crippen molar-refractivity contribution in [3.05, 3.63) is 29.3 Å². The van der Waals surface area contributed by atoms with E-state index in [9.17, 15) is 0 Å². The summed E-state index contributed by atoms with van der Waals surface area (Å²) in [5, 5.41) is 3.32. The molecule has 1 aromatic rings. The molecule has 15 heavy (non-hydrogen) atoms. The summed E-state index contributed by atoms with van der Waals surface area (Å²) in [6, 6.07) is 6.44. The molecule has 1 heterocycles. The molecular formula is C12H18N2O. The number of hydrogen-bond donors (Lipinski definition) is 2. The predicted octanol–water partition coefficient (Wildman–Crippen LogP) is 1.02. The SMILES string of the molecule is COc1ccc(C2CNCC2N)c(C)c1. The molecule has 0 bridgehead atoms. The van der Waals surface area contributed by atoms with Gasteiger partial charge in [-0.15, -0.1) is 0 Å². The molecule has 1 fully saturated rings. The molecule has 3 heteroatoms. The van der Waals surface area contributed by atoms with Crippen LogP contribution in [-0.2, 0) is 0 Å². The monoisotopic (exact) mass is 206 g/mol. The van der Waals surface area contributed by atoms with E-state index in [-0.39, 0.29) is 6.04 Å². The lowest BCUT2D eigenvalue weighted by Crippen LogP contribution is -2.27. The molecule has 1 saturated heterocycles. The molecule has 1 aliphatic rings. The molecule has 1 aromatic carbocycles. The maximum absolute atomic E-state index is 6.06. The highest BCUT2D eigenvalue weighted by Gasteiger charge is 2.26. The van der Waals surface area contributed by atoms with Crippen LogP contribution in [0.4, 0.5) is 0 Å². The van der Waals surface area contributed by atoms with Gasteiger partial charge in [0.25, 0.3) is 0 Å². The van der Waals surface area contributed by atoms with E-state index >= 15 is 0 Å². The van der Waals surface area contributed by atoms with E-state index in [2.05, 4.69) is 24.4 Å². The Morgan fingerprint density at radius 2 is 2.20 bits per heavy atom. The summed E-state index contributed by atoms with van der Waals surface area (Å²) in [7, 11) is 1.69. The zero-order valence-electron chi connectivity index (χ0n) is 9.29. The molecule has 3 nitrogen and oxygen atoms in total. The van der Waals surface area contributed by atoms with E-state index in [4.69, 9.17) is 10.5 Å². The first-order chi connectivity index (χ1) is 7.22. The van der Waals surface area contributed by atoms with Gasteiger partial charge in [0.15, 0.2) is 0 Å². The Morgan fingerprint density at radius 1 is 1.40 bits per heavy atom. The van der Waals surface area contributed by atoms with Crippen molar-refractivity contribution in [2.45, 2.75) is 18.9 Å². The Labute approximate surface area is 90.6 Å². The van der Waals surface area contributed by atoms with Crippen molar-refractivity contribution in [3.63, 3.8) is 0 Å². The van der Waals surface area contributed by atoms with Crippen LogP contribution >= 0.6 is 0 Å². The third-order valence-electron chi connectivity index (χ3n) is 3.14. The fraction of sp³-hybridized carbons (Fsp3) is 0.500. The lowest BCUT2D eigenvalue weighted by atomic mass is 9.91. The minimum absolute atomic E-state index is 0.233. The summed E-state index contributed by atoms with van der Waals surface area (Å²) >= 11 is 0. The summed E-state index contributed by atoms with van der Waals surface area (Å²) < 4.78 is 5.19. The topological polar surface area (TPSA) is 47.3 Å². The molecule has 0 saturated carbocycles. The lowest BCUT2D eigenvalue weighted by molar-refractivity contribution is 0.414. The number of rotatable bonds is 2. The summed E-state index contributed by atoms with van der Waals surface area (Å²) in [6.07, 6.45) is 0. The molecule has 2 unspecified atom stereocenters. The van der Waals surface area contributed by atoms with Crippen LogP contribution in [0.3, 0.4) is 0 Å². The van der Waals surface area contributed by atoms with Gasteiger partial charge in [-0.3, -0.25) is 0 Å². The predicted molar refractivity (Wildman–Crippen MR) is 61.3 cm³/mol. The van der Waals surface area contributed by atoms with Gasteiger partial charge >= 0.3 is 0 Å². The number of nitrogens with one attached hydrogen (secondary N) is 1. The van der Waals surface area contributed by atoms with Crippen molar-refractivity contribution in [2.24, 2.45) is 5.73 Å². The highest BCUT2D eigenvalue weighted by Crippen LogP contribution is 2.27. The Kier molecular flexibility index (Phi) is 2.93.